The monoisotopic (exact) mass is 392 g/mol. The first-order valence-corrected chi connectivity index (χ1v) is 7.95. The van der Waals surface area contributed by atoms with Gasteiger partial charge in [-0.1, -0.05) is 34.1 Å². The summed E-state index contributed by atoms with van der Waals surface area (Å²) in [5, 5.41) is 0. The van der Waals surface area contributed by atoms with Gasteiger partial charge in [0, 0.05) is 10.0 Å². The van der Waals surface area contributed by atoms with Gasteiger partial charge in [-0.2, -0.15) is 0 Å². The molecule has 2 aromatic carbocycles. The van der Waals surface area contributed by atoms with E-state index in [0.717, 1.165) is 10.0 Å². The number of ether oxygens (including phenoxy) is 2. The van der Waals surface area contributed by atoms with Crippen LogP contribution >= 0.6 is 15.9 Å². The molecule has 0 saturated carbocycles. The lowest BCUT2D eigenvalue weighted by atomic mass is 10.1. The van der Waals surface area contributed by atoms with Gasteiger partial charge in [0.25, 0.3) is 5.91 Å². The third-order valence-electron chi connectivity index (χ3n) is 3.07. The topological polar surface area (TPSA) is 76.7 Å². The van der Waals surface area contributed by atoms with Crippen LogP contribution in [0.15, 0.2) is 53.0 Å². The summed E-state index contributed by atoms with van der Waals surface area (Å²) in [4.78, 5) is 23.5. The number of halogens is 1. The zero-order chi connectivity index (χ0) is 17.4. The molecule has 0 aliphatic heterocycles. The van der Waals surface area contributed by atoms with E-state index in [2.05, 4.69) is 26.8 Å². The van der Waals surface area contributed by atoms with Crippen molar-refractivity contribution in [3.63, 3.8) is 0 Å². The lowest BCUT2D eigenvalue weighted by Crippen LogP contribution is -2.44. The Kier molecular flexibility index (Phi) is 6.62. The van der Waals surface area contributed by atoms with E-state index in [1.54, 1.807) is 24.3 Å². The summed E-state index contributed by atoms with van der Waals surface area (Å²) in [6.07, 6.45) is 0.0951. The van der Waals surface area contributed by atoms with Crippen molar-refractivity contribution in [3.8, 4) is 11.5 Å². The van der Waals surface area contributed by atoms with Crippen LogP contribution in [0.25, 0.3) is 0 Å². The van der Waals surface area contributed by atoms with Crippen molar-refractivity contribution in [1.82, 2.24) is 10.9 Å². The molecular weight excluding hydrogens is 376 g/mol. The Hall–Kier alpha value is -2.54. The highest BCUT2D eigenvalue weighted by Crippen LogP contribution is 2.17. The van der Waals surface area contributed by atoms with Crippen molar-refractivity contribution >= 4 is 27.7 Å². The molecule has 0 aromatic heterocycles. The number of rotatable bonds is 6. The number of amides is 2. The number of methoxy groups -OCH3 is 1. The molecule has 0 heterocycles. The summed E-state index contributed by atoms with van der Waals surface area (Å²) in [6.45, 7) is -0.198. The number of hydrogen-bond acceptors (Lipinski definition) is 4. The highest BCUT2D eigenvalue weighted by molar-refractivity contribution is 9.10. The maximum absolute atomic E-state index is 11.9. The smallest absolute Gasteiger partial charge is 0.276 e. The molecule has 24 heavy (non-hydrogen) atoms. The molecular formula is C17H17BrN2O4. The van der Waals surface area contributed by atoms with Crippen LogP contribution in [0.5, 0.6) is 11.5 Å². The SMILES string of the molecule is COc1ccccc1CC(=O)NNC(=O)COc1ccc(Br)cc1. The van der Waals surface area contributed by atoms with E-state index in [4.69, 9.17) is 9.47 Å². The van der Waals surface area contributed by atoms with Crippen molar-refractivity contribution in [2.45, 2.75) is 6.42 Å². The maximum Gasteiger partial charge on any atom is 0.276 e. The number of benzene rings is 2. The number of carbonyl (C=O) groups excluding carboxylic acids is 2. The average Bonchev–Trinajstić information content (AvgIpc) is 2.60. The summed E-state index contributed by atoms with van der Waals surface area (Å²) in [5.41, 5.74) is 5.39. The minimum absolute atomic E-state index is 0.0951. The Morgan fingerprint density at radius 3 is 2.38 bits per heavy atom. The molecule has 0 unspecified atom stereocenters. The number of hydrazine groups is 1. The van der Waals surface area contributed by atoms with Crippen LogP contribution in [0, 0.1) is 0 Å². The van der Waals surface area contributed by atoms with Gasteiger partial charge < -0.3 is 9.47 Å². The summed E-state index contributed by atoms with van der Waals surface area (Å²) >= 11 is 3.31. The zero-order valence-corrected chi connectivity index (χ0v) is 14.6. The molecule has 2 amide bonds. The number of carbonyl (C=O) groups is 2. The molecule has 6 nitrogen and oxygen atoms in total. The van der Waals surface area contributed by atoms with Gasteiger partial charge in [0.2, 0.25) is 5.91 Å². The van der Waals surface area contributed by atoms with Gasteiger partial charge in [-0.25, -0.2) is 0 Å². The van der Waals surface area contributed by atoms with E-state index >= 15 is 0 Å². The molecule has 2 rings (SSSR count). The Bertz CT molecular complexity index is 704. The summed E-state index contributed by atoms with van der Waals surface area (Å²) < 4.78 is 11.4. The minimum Gasteiger partial charge on any atom is -0.496 e. The van der Waals surface area contributed by atoms with Crippen LogP contribution in [-0.4, -0.2) is 25.5 Å². The molecule has 2 N–H and O–H groups in total. The third-order valence-corrected chi connectivity index (χ3v) is 3.60. The highest BCUT2D eigenvalue weighted by atomic mass is 79.9. The molecule has 0 bridgehead atoms. The van der Waals surface area contributed by atoms with Crippen molar-refractivity contribution in [1.29, 1.82) is 0 Å². The van der Waals surface area contributed by atoms with Crippen molar-refractivity contribution < 1.29 is 19.1 Å². The van der Waals surface area contributed by atoms with Crippen molar-refractivity contribution in [2.75, 3.05) is 13.7 Å². The van der Waals surface area contributed by atoms with E-state index < -0.39 is 5.91 Å². The largest absolute Gasteiger partial charge is 0.496 e. The van der Waals surface area contributed by atoms with Gasteiger partial charge in [-0.05, 0) is 30.3 Å². The zero-order valence-electron chi connectivity index (χ0n) is 13.0. The first kappa shape index (κ1) is 17.8. The summed E-state index contributed by atoms with van der Waals surface area (Å²) in [5.74, 6) is 0.383. The molecule has 0 saturated heterocycles. The van der Waals surface area contributed by atoms with E-state index in [-0.39, 0.29) is 18.9 Å². The normalized spacial score (nSPS) is 9.92. The Balaban J connectivity index is 1.74. The number of nitrogens with one attached hydrogen (secondary N) is 2. The van der Waals surface area contributed by atoms with Crippen LogP contribution in [0.1, 0.15) is 5.56 Å². The molecule has 2 aromatic rings. The van der Waals surface area contributed by atoms with E-state index in [0.29, 0.717) is 11.5 Å². The lowest BCUT2D eigenvalue weighted by molar-refractivity contribution is -0.129. The van der Waals surface area contributed by atoms with Gasteiger partial charge >= 0.3 is 0 Å². The summed E-state index contributed by atoms with van der Waals surface area (Å²) in [6, 6.07) is 14.3. The van der Waals surface area contributed by atoms with Crippen LogP contribution in [0.4, 0.5) is 0 Å². The minimum atomic E-state index is -0.453. The lowest BCUT2D eigenvalue weighted by Gasteiger charge is -2.10. The number of para-hydroxylation sites is 1. The molecule has 0 radical (unpaired) electrons. The van der Waals surface area contributed by atoms with Crippen molar-refractivity contribution in [2.24, 2.45) is 0 Å². The standard InChI is InChI=1S/C17H17BrN2O4/c1-23-15-5-3-2-4-12(15)10-16(21)19-20-17(22)11-24-14-8-6-13(18)7-9-14/h2-9H,10-11H2,1H3,(H,19,21)(H,20,22). The quantitative estimate of drug-likeness (QED) is 0.739. The first-order valence-electron chi connectivity index (χ1n) is 7.16. The Morgan fingerprint density at radius 1 is 1.00 bits per heavy atom. The van der Waals surface area contributed by atoms with Gasteiger partial charge in [0.15, 0.2) is 6.61 Å². The molecule has 126 valence electrons. The molecule has 0 atom stereocenters. The van der Waals surface area contributed by atoms with Crippen molar-refractivity contribution in [3.05, 3.63) is 58.6 Å². The van der Waals surface area contributed by atoms with Crippen LogP contribution in [0.3, 0.4) is 0 Å². The second-order valence-electron chi connectivity index (χ2n) is 4.83. The van der Waals surface area contributed by atoms with Gasteiger partial charge in [-0.15, -0.1) is 0 Å². The Morgan fingerprint density at radius 2 is 1.67 bits per heavy atom. The third kappa shape index (κ3) is 5.58. The van der Waals surface area contributed by atoms with Crippen LogP contribution < -0.4 is 20.3 Å². The predicted molar refractivity (Wildman–Crippen MR) is 92.6 cm³/mol. The molecule has 7 heteroatoms. The molecule has 0 spiro atoms. The fourth-order valence-corrected chi connectivity index (χ4v) is 2.19. The van der Waals surface area contributed by atoms with Gasteiger partial charge in [0.05, 0.1) is 13.5 Å². The second-order valence-corrected chi connectivity index (χ2v) is 5.74. The fraction of sp³-hybridized carbons (Fsp3) is 0.176. The van der Waals surface area contributed by atoms with E-state index in [9.17, 15) is 9.59 Å². The highest BCUT2D eigenvalue weighted by Gasteiger charge is 2.09. The first-order chi connectivity index (χ1) is 11.6. The summed E-state index contributed by atoms with van der Waals surface area (Å²) in [7, 11) is 1.54. The van der Waals surface area contributed by atoms with E-state index in [1.165, 1.54) is 7.11 Å². The predicted octanol–water partition coefficient (Wildman–Crippen LogP) is 2.23. The fourth-order valence-electron chi connectivity index (χ4n) is 1.92. The van der Waals surface area contributed by atoms with Crippen LogP contribution in [0.2, 0.25) is 0 Å². The van der Waals surface area contributed by atoms with Gasteiger partial charge in [0.1, 0.15) is 11.5 Å². The maximum atomic E-state index is 11.9. The molecule has 0 aliphatic carbocycles. The molecule has 0 aliphatic rings. The second kappa shape index (κ2) is 8.93. The van der Waals surface area contributed by atoms with E-state index in [1.807, 2.05) is 24.3 Å². The Labute approximate surface area is 148 Å². The average molecular weight is 393 g/mol. The van der Waals surface area contributed by atoms with Crippen LogP contribution in [-0.2, 0) is 16.0 Å². The van der Waals surface area contributed by atoms with Gasteiger partial charge in [-0.3, -0.25) is 20.4 Å². The number of hydrogen-bond donors (Lipinski definition) is 2. The molecule has 0 fully saturated rings.